The van der Waals surface area contributed by atoms with E-state index in [9.17, 15) is 24.3 Å². The van der Waals surface area contributed by atoms with Crippen molar-refractivity contribution in [2.75, 3.05) is 0 Å². The van der Waals surface area contributed by atoms with Crippen LogP contribution in [0.4, 0.5) is 0 Å². The van der Waals surface area contributed by atoms with E-state index in [4.69, 9.17) is 5.73 Å². The number of carboxylic acid groups (broad SMARTS) is 1. The molecule has 3 amide bonds. The van der Waals surface area contributed by atoms with Gasteiger partial charge in [0.05, 0.1) is 6.04 Å². The zero-order valence-electron chi connectivity index (χ0n) is 30.8. The van der Waals surface area contributed by atoms with Crippen molar-refractivity contribution in [3.05, 3.63) is 144 Å². The number of carbonyl (C=O) groups is 4. The number of nitrogens with two attached hydrogens (primary N) is 1. The van der Waals surface area contributed by atoms with Crippen molar-refractivity contribution >= 4 is 67.3 Å². The van der Waals surface area contributed by atoms with E-state index in [1.807, 2.05) is 103 Å². The summed E-state index contributed by atoms with van der Waals surface area (Å²) in [5, 5.41) is 22.3. The fourth-order valence-electron chi connectivity index (χ4n) is 7.63. The number of nitrogens with one attached hydrogen (secondary N) is 7. The zero-order chi connectivity index (χ0) is 39.5. The first kappa shape index (κ1) is 36.8. The van der Waals surface area contributed by atoms with E-state index in [0.29, 0.717) is 0 Å². The van der Waals surface area contributed by atoms with Crippen LogP contribution >= 0.6 is 0 Å². The molecule has 4 heterocycles. The molecule has 8 rings (SSSR count). The number of benzene rings is 4. The zero-order valence-corrected chi connectivity index (χ0v) is 30.8. The van der Waals surface area contributed by atoms with Gasteiger partial charge in [-0.2, -0.15) is 0 Å². The second-order valence-electron chi connectivity index (χ2n) is 14.4. The quantitative estimate of drug-likeness (QED) is 0.0719. The van der Waals surface area contributed by atoms with E-state index in [1.165, 1.54) is 0 Å². The van der Waals surface area contributed by atoms with Crippen LogP contribution in [0, 0.1) is 0 Å². The number of hydrogen-bond acceptors (Lipinski definition) is 5. The van der Waals surface area contributed by atoms with Crippen LogP contribution < -0.4 is 21.7 Å². The molecular weight excluding hydrogens is 721 g/mol. The van der Waals surface area contributed by atoms with Crippen LogP contribution in [-0.4, -0.2) is 72.9 Å². The first-order valence-electron chi connectivity index (χ1n) is 18.8. The number of rotatable bonds is 15. The summed E-state index contributed by atoms with van der Waals surface area (Å²) < 4.78 is 0. The molecule has 288 valence electrons. The SMILES string of the molecule is N[C@H](Cc1c[nH]c2ccccc12)C(=O)N[C@@H](Cc1c[nH]c2ccccc12)C(=O)N[C@H](Cc1c[nH]c2ccccc12)C(=O)N[C@@H](Cc1c[nH]c2ccccc12)C(=O)O. The average molecular weight is 763 g/mol. The van der Waals surface area contributed by atoms with Crippen molar-refractivity contribution < 1.29 is 24.3 Å². The molecule has 0 saturated heterocycles. The molecule has 0 spiro atoms. The Balaban J connectivity index is 1.07. The van der Waals surface area contributed by atoms with Gasteiger partial charge in [0.25, 0.3) is 0 Å². The first-order valence-corrected chi connectivity index (χ1v) is 18.8. The van der Waals surface area contributed by atoms with Crippen molar-refractivity contribution in [2.45, 2.75) is 49.9 Å². The second-order valence-corrected chi connectivity index (χ2v) is 14.4. The van der Waals surface area contributed by atoms with Crippen LogP contribution in [0.25, 0.3) is 43.6 Å². The Morgan fingerprint density at radius 3 is 1.12 bits per heavy atom. The van der Waals surface area contributed by atoms with Crippen LogP contribution in [0.3, 0.4) is 0 Å². The summed E-state index contributed by atoms with van der Waals surface area (Å²) in [6, 6.07) is 25.8. The minimum atomic E-state index is -1.30. The predicted octanol–water partition coefficient (Wildman–Crippen LogP) is 4.75. The van der Waals surface area contributed by atoms with Crippen LogP contribution in [0.5, 0.6) is 0 Å². The molecule has 8 aromatic rings. The van der Waals surface area contributed by atoms with E-state index in [-0.39, 0.29) is 25.7 Å². The summed E-state index contributed by atoms with van der Waals surface area (Å²) >= 11 is 0. The molecule has 4 aromatic carbocycles. The number of fused-ring (bicyclic) bond motifs is 4. The lowest BCUT2D eigenvalue weighted by atomic mass is 10.00. The van der Waals surface area contributed by atoms with Crippen LogP contribution in [0.1, 0.15) is 22.3 Å². The Kier molecular flexibility index (Phi) is 10.3. The molecule has 0 radical (unpaired) electrons. The number of carboxylic acids is 1. The van der Waals surface area contributed by atoms with E-state index in [1.54, 1.807) is 18.6 Å². The fourth-order valence-corrected chi connectivity index (χ4v) is 7.63. The maximum absolute atomic E-state index is 14.5. The molecule has 0 bridgehead atoms. The van der Waals surface area contributed by atoms with E-state index < -0.39 is 47.9 Å². The van der Waals surface area contributed by atoms with Crippen molar-refractivity contribution in [2.24, 2.45) is 5.73 Å². The highest BCUT2D eigenvalue weighted by atomic mass is 16.4. The van der Waals surface area contributed by atoms with Crippen LogP contribution in [0.2, 0.25) is 0 Å². The molecule has 0 aliphatic carbocycles. The molecule has 4 atom stereocenters. The van der Waals surface area contributed by atoms with Crippen molar-refractivity contribution in [3.63, 3.8) is 0 Å². The lowest BCUT2D eigenvalue weighted by molar-refractivity contribution is -0.142. The molecule has 13 nitrogen and oxygen atoms in total. The van der Waals surface area contributed by atoms with E-state index in [2.05, 4.69) is 35.9 Å². The average Bonchev–Trinajstić information content (AvgIpc) is 4.03. The van der Waals surface area contributed by atoms with Gasteiger partial charge in [-0.05, 0) is 52.9 Å². The van der Waals surface area contributed by atoms with E-state index in [0.717, 1.165) is 65.9 Å². The molecule has 0 saturated carbocycles. The van der Waals surface area contributed by atoms with Crippen LogP contribution in [0.15, 0.2) is 122 Å². The smallest absolute Gasteiger partial charge is 0.326 e. The minimum absolute atomic E-state index is 0.00635. The van der Waals surface area contributed by atoms with Gasteiger partial charge in [-0.25, -0.2) is 4.79 Å². The number of aromatic nitrogens is 4. The summed E-state index contributed by atoms with van der Waals surface area (Å²) in [5.41, 5.74) is 13.1. The van der Waals surface area contributed by atoms with Gasteiger partial charge in [-0.3, -0.25) is 14.4 Å². The highest BCUT2D eigenvalue weighted by molar-refractivity contribution is 5.96. The molecule has 0 aliphatic rings. The Morgan fingerprint density at radius 2 is 0.754 bits per heavy atom. The van der Waals surface area contributed by atoms with Gasteiger partial charge < -0.3 is 46.7 Å². The molecule has 13 heteroatoms. The minimum Gasteiger partial charge on any atom is -0.480 e. The predicted molar refractivity (Wildman–Crippen MR) is 219 cm³/mol. The third-order valence-electron chi connectivity index (χ3n) is 10.6. The highest BCUT2D eigenvalue weighted by Crippen LogP contribution is 2.23. The van der Waals surface area contributed by atoms with Gasteiger partial charge in [0.15, 0.2) is 0 Å². The van der Waals surface area contributed by atoms with Crippen LogP contribution in [-0.2, 0) is 44.9 Å². The summed E-state index contributed by atoms with van der Waals surface area (Å²) in [6.45, 7) is 0. The number of aromatic amines is 4. The summed E-state index contributed by atoms with van der Waals surface area (Å²) in [7, 11) is 0. The summed E-state index contributed by atoms with van der Waals surface area (Å²) in [4.78, 5) is 68.0. The third kappa shape index (κ3) is 7.86. The normalized spacial score (nSPS) is 13.7. The van der Waals surface area contributed by atoms with Gasteiger partial charge in [0.1, 0.15) is 18.1 Å². The summed E-state index contributed by atoms with van der Waals surface area (Å²) in [6.07, 6.45) is 7.47. The number of carbonyl (C=O) groups excluding carboxylic acids is 3. The molecule has 4 aromatic heterocycles. The molecule has 10 N–H and O–H groups in total. The fraction of sp³-hybridized carbons (Fsp3) is 0.182. The Labute approximate surface area is 326 Å². The van der Waals surface area contributed by atoms with Gasteiger partial charge >= 0.3 is 5.97 Å². The molecule has 0 fully saturated rings. The maximum Gasteiger partial charge on any atom is 0.326 e. The standard InChI is InChI=1S/C44H42N8O5/c45-33(17-25-21-46-34-13-5-1-9-29(25)34)41(53)50-38(18-26-22-47-35-14-6-2-10-30(26)35)42(54)51-39(19-27-23-48-36-15-7-3-11-31(27)36)43(55)52-40(44(56)57)20-28-24-49-37-16-8-4-12-32(28)37/h1-16,21-24,33,38-40,46-49H,17-20,45H2,(H,50,53)(H,51,54)(H,52,55)(H,56,57)/t33-,38+,39-,40+/m1/s1. The van der Waals surface area contributed by atoms with Crippen molar-refractivity contribution in [3.8, 4) is 0 Å². The van der Waals surface area contributed by atoms with E-state index >= 15 is 0 Å². The number of para-hydroxylation sites is 4. The molecule has 0 unspecified atom stereocenters. The topological polar surface area (TPSA) is 214 Å². The third-order valence-corrected chi connectivity index (χ3v) is 10.6. The number of H-pyrrole nitrogens is 4. The monoisotopic (exact) mass is 762 g/mol. The van der Waals surface area contributed by atoms with Gasteiger partial charge in [-0.1, -0.05) is 72.8 Å². The summed E-state index contributed by atoms with van der Waals surface area (Å²) in [5.74, 6) is -3.08. The van der Waals surface area contributed by atoms with Gasteiger partial charge in [-0.15, -0.1) is 0 Å². The molecular formula is C44H42N8O5. The van der Waals surface area contributed by atoms with Crippen molar-refractivity contribution in [1.29, 1.82) is 0 Å². The first-order chi connectivity index (χ1) is 27.7. The van der Waals surface area contributed by atoms with Crippen molar-refractivity contribution in [1.82, 2.24) is 35.9 Å². The van der Waals surface area contributed by atoms with Gasteiger partial charge in [0.2, 0.25) is 17.7 Å². The number of aliphatic carboxylic acids is 1. The highest BCUT2D eigenvalue weighted by Gasteiger charge is 2.32. The number of hydrogen-bond donors (Lipinski definition) is 9. The lowest BCUT2D eigenvalue weighted by Crippen LogP contribution is -2.58. The molecule has 0 aliphatic heterocycles. The Morgan fingerprint density at radius 1 is 0.456 bits per heavy atom. The maximum atomic E-state index is 14.5. The number of amides is 3. The molecule has 57 heavy (non-hydrogen) atoms. The van der Waals surface area contributed by atoms with Gasteiger partial charge in [0, 0.05) is 87.7 Å². The Bertz CT molecular complexity index is 2740. The second kappa shape index (κ2) is 15.9. The Hall–Kier alpha value is -7.12. The largest absolute Gasteiger partial charge is 0.480 e. The lowest BCUT2D eigenvalue weighted by Gasteiger charge is -2.25.